The Kier molecular flexibility index (Phi) is 6.33. The Morgan fingerprint density at radius 2 is 1.97 bits per heavy atom. The second-order valence-electron chi connectivity index (χ2n) is 7.83. The Labute approximate surface area is 184 Å². The summed E-state index contributed by atoms with van der Waals surface area (Å²) in [5.41, 5.74) is 2.04. The lowest BCUT2D eigenvalue weighted by Crippen LogP contribution is -2.44. The predicted octanol–water partition coefficient (Wildman–Crippen LogP) is 2.06. The second kappa shape index (κ2) is 9.33. The van der Waals surface area contributed by atoms with Gasteiger partial charge in [-0.1, -0.05) is 23.4 Å². The van der Waals surface area contributed by atoms with Crippen molar-refractivity contribution in [3.05, 3.63) is 54.0 Å². The molecule has 4 unspecified atom stereocenters. The molecule has 1 aliphatic carbocycles. The van der Waals surface area contributed by atoms with E-state index < -0.39 is 24.3 Å². The van der Waals surface area contributed by atoms with Gasteiger partial charge in [0.1, 0.15) is 6.10 Å². The molecule has 4 atom stereocenters. The van der Waals surface area contributed by atoms with Crippen molar-refractivity contribution < 1.29 is 24.3 Å². The summed E-state index contributed by atoms with van der Waals surface area (Å²) in [5, 5.41) is 30.1. The minimum absolute atomic E-state index is 0.181. The van der Waals surface area contributed by atoms with Gasteiger partial charge in [-0.05, 0) is 31.5 Å². The fourth-order valence-electron chi connectivity index (χ4n) is 3.71. The van der Waals surface area contributed by atoms with E-state index >= 15 is 0 Å². The van der Waals surface area contributed by atoms with E-state index in [9.17, 15) is 15.0 Å². The Hall–Kier alpha value is -3.50. The average Bonchev–Trinajstić information content (AvgIpc) is 3.31. The zero-order valence-electron chi connectivity index (χ0n) is 17.7. The molecular weight excluding hydrogens is 414 g/mol. The number of ether oxygens (including phenoxy) is 1. The summed E-state index contributed by atoms with van der Waals surface area (Å²) in [7, 11) is 0. The summed E-state index contributed by atoms with van der Waals surface area (Å²) in [6.45, 7) is 3.74. The molecule has 1 aliphatic rings. The quantitative estimate of drug-likeness (QED) is 0.457. The predicted molar refractivity (Wildman–Crippen MR) is 115 cm³/mol. The lowest BCUT2D eigenvalue weighted by molar-refractivity contribution is 0.00308. The number of nitrogens with one attached hydrogen (secondary N) is 2. The van der Waals surface area contributed by atoms with Crippen LogP contribution in [-0.2, 0) is 0 Å². The molecule has 0 saturated heterocycles. The summed E-state index contributed by atoms with van der Waals surface area (Å²) in [6, 6.07) is 11.3. The van der Waals surface area contributed by atoms with E-state index in [4.69, 9.17) is 9.26 Å². The first-order valence-electron chi connectivity index (χ1n) is 10.3. The smallest absolute Gasteiger partial charge is 0.319 e. The summed E-state index contributed by atoms with van der Waals surface area (Å²) < 4.78 is 10.7. The van der Waals surface area contributed by atoms with E-state index in [1.807, 2.05) is 19.1 Å². The average molecular weight is 439 g/mol. The Morgan fingerprint density at radius 1 is 1.16 bits per heavy atom. The molecule has 0 radical (unpaired) electrons. The number of benzene rings is 1. The highest BCUT2D eigenvalue weighted by molar-refractivity contribution is 5.90. The minimum atomic E-state index is -1.10. The first kappa shape index (κ1) is 21.7. The number of amides is 2. The maximum absolute atomic E-state index is 12.5. The molecule has 0 aliphatic heterocycles. The van der Waals surface area contributed by atoms with E-state index in [1.54, 1.807) is 37.3 Å². The highest BCUT2D eigenvalue weighted by atomic mass is 16.5. The second-order valence-corrected chi connectivity index (χ2v) is 7.83. The molecule has 0 spiro atoms. The van der Waals surface area contributed by atoms with E-state index in [-0.39, 0.29) is 12.5 Å². The van der Waals surface area contributed by atoms with Crippen molar-refractivity contribution in [2.24, 2.45) is 5.92 Å². The monoisotopic (exact) mass is 439 g/mol. The molecule has 168 valence electrons. The summed E-state index contributed by atoms with van der Waals surface area (Å²) >= 11 is 0. The standard InChI is InChI=1S/C22H25N5O5/c1-12-5-3-8-18(23-12)31-11-15-10-17(20(29)19(15)28)26-22(30)25-16-7-4-6-14(9-16)21-24-13(2)32-27-21/h3-9,15,17,19-20,28-29H,10-11H2,1-2H3,(H2,25,26,30). The van der Waals surface area contributed by atoms with E-state index in [0.29, 0.717) is 35.3 Å². The molecule has 4 rings (SSSR count). The van der Waals surface area contributed by atoms with Crippen LogP contribution < -0.4 is 15.4 Å². The van der Waals surface area contributed by atoms with Crippen molar-refractivity contribution in [2.75, 3.05) is 11.9 Å². The summed E-state index contributed by atoms with van der Waals surface area (Å²) in [4.78, 5) is 20.9. The van der Waals surface area contributed by atoms with Gasteiger partial charge in [-0.2, -0.15) is 4.98 Å². The molecular formula is C22H25N5O5. The van der Waals surface area contributed by atoms with Gasteiger partial charge >= 0.3 is 6.03 Å². The number of urea groups is 1. The molecule has 10 heteroatoms. The van der Waals surface area contributed by atoms with Crippen molar-refractivity contribution >= 4 is 11.7 Å². The Morgan fingerprint density at radius 3 is 2.72 bits per heavy atom. The molecule has 1 aromatic carbocycles. The number of hydrogen-bond acceptors (Lipinski definition) is 8. The number of aliphatic hydroxyl groups excluding tert-OH is 2. The van der Waals surface area contributed by atoms with Crippen LogP contribution in [0.3, 0.4) is 0 Å². The molecule has 1 saturated carbocycles. The SMILES string of the molecule is Cc1cccc(OCC2CC(NC(=O)Nc3cccc(-c4noc(C)n4)c3)C(O)C2O)n1. The fraction of sp³-hybridized carbons (Fsp3) is 0.364. The van der Waals surface area contributed by atoms with Crippen LogP contribution >= 0.6 is 0 Å². The van der Waals surface area contributed by atoms with Crippen molar-refractivity contribution in [1.82, 2.24) is 20.4 Å². The number of aromatic nitrogens is 3. The van der Waals surface area contributed by atoms with Crippen molar-refractivity contribution in [3.8, 4) is 17.3 Å². The first-order chi connectivity index (χ1) is 15.4. The number of aliphatic hydroxyl groups is 2. The van der Waals surface area contributed by atoms with Gasteiger partial charge in [0.25, 0.3) is 0 Å². The fourth-order valence-corrected chi connectivity index (χ4v) is 3.71. The van der Waals surface area contributed by atoms with Crippen LogP contribution in [0.5, 0.6) is 5.88 Å². The number of pyridine rings is 1. The van der Waals surface area contributed by atoms with Crippen LogP contribution in [0.1, 0.15) is 18.0 Å². The van der Waals surface area contributed by atoms with Gasteiger partial charge in [0.2, 0.25) is 17.6 Å². The third-order valence-corrected chi connectivity index (χ3v) is 5.33. The molecule has 4 N–H and O–H groups in total. The highest BCUT2D eigenvalue weighted by Crippen LogP contribution is 2.28. The number of rotatable bonds is 6. The van der Waals surface area contributed by atoms with Gasteiger partial charge in [0.15, 0.2) is 0 Å². The van der Waals surface area contributed by atoms with Crippen molar-refractivity contribution in [3.63, 3.8) is 0 Å². The molecule has 32 heavy (non-hydrogen) atoms. The molecule has 2 amide bonds. The number of nitrogens with zero attached hydrogens (tertiary/aromatic N) is 3. The highest BCUT2D eigenvalue weighted by Gasteiger charge is 2.42. The van der Waals surface area contributed by atoms with E-state index in [1.165, 1.54) is 0 Å². The third kappa shape index (κ3) is 5.04. The number of hydrogen-bond donors (Lipinski definition) is 4. The molecule has 2 aromatic heterocycles. The first-order valence-corrected chi connectivity index (χ1v) is 10.3. The van der Waals surface area contributed by atoms with Crippen LogP contribution in [0, 0.1) is 19.8 Å². The normalized spacial score (nSPS) is 22.5. The van der Waals surface area contributed by atoms with Gasteiger partial charge in [-0.3, -0.25) is 0 Å². The lowest BCUT2D eigenvalue weighted by atomic mass is 10.1. The van der Waals surface area contributed by atoms with Crippen molar-refractivity contribution in [2.45, 2.75) is 38.5 Å². The lowest BCUT2D eigenvalue weighted by Gasteiger charge is -2.18. The van der Waals surface area contributed by atoms with Gasteiger partial charge < -0.3 is 30.1 Å². The third-order valence-electron chi connectivity index (χ3n) is 5.33. The van der Waals surface area contributed by atoms with Crippen LogP contribution in [0.25, 0.3) is 11.4 Å². The molecule has 3 aromatic rings. The summed E-state index contributed by atoms with van der Waals surface area (Å²) in [5.74, 6) is 0.980. The van der Waals surface area contributed by atoms with Crippen molar-refractivity contribution in [1.29, 1.82) is 0 Å². The number of carbonyl (C=O) groups excluding carboxylic acids is 1. The summed E-state index contributed by atoms with van der Waals surface area (Å²) in [6.07, 6.45) is -1.76. The molecule has 10 nitrogen and oxygen atoms in total. The van der Waals surface area contributed by atoms with Crippen LogP contribution in [-0.4, -0.2) is 56.2 Å². The maximum atomic E-state index is 12.5. The van der Waals surface area contributed by atoms with Crippen LogP contribution in [0.15, 0.2) is 47.0 Å². The molecule has 2 heterocycles. The zero-order chi connectivity index (χ0) is 22.7. The van der Waals surface area contributed by atoms with E-state index in [0.717, 1.165) is 5.69 Å². The van der Waals surface area contributed by atoms with Gasteiger partial charge in [0.05, 0.1) is 18.8 Å². The van der Waals surface area contributed by atoms with E-state index in [2.05, 4.69) is 25.8 Å². The number of anilines is 1. The maximum Gasteiger partial charge on any atom is 0.319 e. The number of carbonyl (C=O) groups is 1. The Bertz CT molecular complexity index is 1090. The number of aryl methyl sites for hydroxylation is 2. The topological polar surface area (TPSA) is 143 Å². The van der Waals surface area contributed by atoms with Crippen LogP contribution in [0.4, 0.5) is 10.5 Å². The molecule has 1 fully saturated rings. The molecule has 0 bridgehead atoms. The van der Waals surface area contributed by atoms with Gasteiger partial charge in [-0.25, -0.2) is 9.78 Å². The van der Waals surface area contributed by atoms with Crippen LogP contribution in [0.2, 0.25) is 0 Å². The van der Waals surface area contributed by atoms with Gasteiger partial charge in [-0.15, -0.1) is 0 Å². The largest absolute Gasteiger partial charge is 0.477 e. The zero-order valence-corrected chi connectivity index (χ0v) is 17.7. The van der Waals surface area contributed by atoms with Gasteiger partial charge in [0, 0.05) is 35.9 Å². The minimum Gasteiger partial charge on any atom is -0.477 e. The Balaban J connectivity index is 1.33.